The highest BCUT2D eigenvalue weighted by Gasteiger charge is 2.37. The number of carbonyl (C=O) groups is 2. The third kappa shape index (κ3) is 14.7. The van der Waals surface area contributed by atoms with Crippen molar-refractivity contribution >= 4 is 11.9 Å². The maximum atomic E-state index is 12.9. The number of aliphatic carboxylic acids is 1. The van der Waals surface area contributed by atoms with E-state index in [0.29, 0.717) is 18.8 Å². The standard InChI is InChI=1S/C29H54O4/c1-4-5-6-7-8-9-10-11-12-13-14-20-25(21-16-15-19-24(2)3)33-29(32)27-23-18-17-22-26(27)28(30)31/h24-27H,4-23H2,1-3H3,(H,30,31). The highest BCUT2D eigenvalue weighted by atomic mass is 16.5. The Morgan fingerprint density at radius 1 is 0.727 bits per heavy atom. The number of hydrogen-bond donors (Lipinski definition) is 1. The van der Waals surface area contributed by atoms with E-state index >= 15 is 0 Å². The summed E-state index contributed by atoms with van der Waals surface area (Å²) >= 11 is 0. The molecule has 1 rings (SSSR count). The SMILES string of the molecule is CCCCCCCCCCCCCC(CCCCC(C)C)OC(=O)C1CCCCC1C(=O)O. The molecule has 4 nitrogen and oxygen atoms in total. The molecule has 3 atom stereocenters. The minimum Gasteiger partial charge on any atom is -0.481 e. The van der Waals surface area contributed by atoms with Crippen LogP contribution in [0.4, 0.5) is 0 Å². The molecule has 1 fully saturated rings. The van der Waals surface area contributed by atoms with Gasteiger partial charge in [0.2, 0.25) is 0 Å². The lowest BCUT2D eigenvalue weighted by atomic mass is 9.79. The van der Waals surface area contributed by atoms with Gasteiger partial charge in [-0.1, -0.05) is 111 Å². The summed E-state index contributed by atoms with van der Waals surface area (Å²) < 4.78 is 5.97. The van der Waals surface area contributed by atoms with Crippen molar-refractivity contribution in [3.8, 4) is 0 Å². The number of carbonyl (C=O) groups excluding carboxylic acids is 1. The van der Waals surface area contributed by atoms with E-state index in [0.717, 1.165) is 38.5 Å². The average Bonchev–Trinajstić information content (AvgIpc) is 2.79. The largest absolute Gasteiger partial charge is 0.481 e. The van der Waals surface area contributed by atoms with E-state index < -0.39 is 17.8 Å². The maximum Gasteiger partial charge on any atom is 0.310 e. The fraction of sp³-hybridized carbons (Fsp3) is 0.931. The predicted molar refractivity (Wildman–Crippen MR) is 137 cm³/mol. The molecule has 3 unspecified atom stereocenters. The molecule has 0 radical (unpaired) electrons. The highest BCUT2D eigenvalue weighted by molar-refractivity contribution is 5.81. The predicted octanol–water partition coefficient (Wildman–Crippen LogP) is 8.71. The van der Waals surface area contributed by atoms with Gasteiger partial charge in [0.15, 0.2) is 0 Å². The van der Waals surface area contributed by atoms with Gasteiger partial charge in [-0.3, -0.25) is 9.59 Å². The molecule has 0 aromatic rings. The summed E-state index contributed by atoms with van der Waals surface area (Å²) in [6.07, 6.45) is 22.8. The molecule has 0 aromatic heterocycles. The average molecular weight is 467 g/mol. The van der Waals surface area contributed by atoms with Gasteiger partial charge in [0.25, 0.3) is 0 Å². The van der Waals surface area contributed by atoms with Crippen molar-refractivity contribution in [3.05, 3.63) is 0 Å². The molecule has 1 aliphatic rings. The molecule has 194 valence electrons. The first-order valence-electron chi connectivity index (χ1n) is 14.4. The van der Waals surface area contributed by atoms with Gasteiger partial charge in [0.1, 0.15) is 6.10 Å². The summed E-state index contributed by atoms with van der Waals surface area (Å²) in [5.41, 5.74) is 0. The number of esters is 1. The molecule has 0 spiro atoms. The summed E-state index contributed by atoms with van der Waals surface area (Å²) in [5.74, 6) is -1.40. The number of unbranched alkanes of at least 4 members (excludes halogenated alkanes) is 11. The van der Waals surface area contributed by atoms with E-state index in [-0.39, 0.29) is 12.1 Å². The fourth-order valence-corrected chi connectivity index (χ4v) is 5.18. The number of carboxylic acid groups (broad SMARTS) is 1. The van der Waals surface area contributed by atoms with Crippen LogP contribution in [0, 0.1) is 17.8 Å². The minimum absolute atomic E-state index is 0.0420. The van der Waals surface area contributed by atoms with Crippen LogP contribution in [0.25, 0.3) is 0 Å². The monoisotopic (exact) mass is 466 g/mol. The Morgan fingerprint density at radius 3 is 1.70 bits per heavy atom. The lowest BCUT2D eigenvalue weighted by Crippen LogP contribution is -2.35. The summed E-state index contributed by atoms with van der Waals surface area (Å²) in [4.78, 5) is 24.5. The van der Waals surface area contributed by atoms with Crippen molar-refractivity contribution in [2.45, 2.75) is 155 Å². The van der Waals surface area contributed by atoms with Crippen molar-refractivity contribution in [2.24, 2.45) is 17.8 Å². The van der Waals surface area contributed by atoms with Crippen molar-refractivity contribution in [1.82, 2.24) is 0 Å². The van der Waals surface area contributed by atoms with Gasteiger partial charge in [0, 0.05) is 0 Å². The van der Waals surface area contributed by atoms with Gasteiger partial charge in [-0.25, -0.2) is 0 Å². The number of carboxylic acids is 1. The summed E-state index contributed by atoms with van der Waals surface area (Å²) in [7, 11) is 0. The Kier molecular flexibility index (Phi) is 17.5. The van der Waals surface area contributed by atoms with Crippen LogP contribution in [0.3, 0.4) is 0 Å². The normalized spacial score (nSPS) is 19.5. The first-order chi connectivity index (χ1) is 16.0. The van der Waals surface area contributed by atoms with E-state index in [2.05, 4.69) is 20.8 Å². The van der Waals surface area contributed by atoms with E-state index in [1.807, 2.05) is 0 Å². The molecule has 1 N–H and O–H groups in total. The van der Waals surface area contributed by atoms with Gasteiger partial charge < -0.3 is 9.84 Å². The lowest BCUT2D eigenvalue weighted by molar-refractivity contribution is -0.164. The van der Waals surface area contributed by atoms with Crippen molar-refractivity contribution < 1.29 is 19.4 Å². The third-order valence-electron chi connectivity index (χ3n) is 7.36. The molecule has 1 aliphatic carbocycles. The smallest absolute Gasteiger partial charge is 0.310 e. The second-order valence-corrected chi connectivity index (χ2v) is 10.9. The summed E-state index contributed by atoms with van der Waals surface area (Å²) in [5, 5.41) is 9.53. The highest BCUT2D eigenvalue weighted by Crippen LogP contribution is 2.32. The van der Waals surface area contributed by atoms with Crippen LogP contribution in [-0.4, -0.2) is 23.1 Å². The molecular formula is C29H54O4. The quantitative estimate of drug-likeness (QED) is 0.144. The first kappa shape index (κ1) is 30.0. The topological polar surface area (TPSA) is 63.6 Å². The van der Waals surface area contributed by atoms with Crippen LogP contribution < -0.4 is 0 Å². The van der Waals surface area contributed by atoms with Crippen molar-refractivity contribution in [1.29, 1.82) is 0 Å². The summed E-state index contributed by atoms with van der Waals surface area (Å²) in [6, 6.07) is 0. The molecular weight excluding hydrogens is 412 g/mol. The first-order valence-corrected chi connectivity index (χ1v) is 14.4. The Hall–Kier alpha value is -1.06. The molecule has 0 aromatic carbocycles. The Labute approximate surface area is 204 Å². The lowest BCUT2D eigenvalue weighted by Gasteiger charge is -2.29. The van der Waals surface area contributed by atoms with Crippen molar-refractivity contribution in [2.75, 3.05) is 0 Å². The van der Waals surface area contributed by atoms with Crippen LogP contribution in [0.2, 0.25) is 0 Å². The molecule has 4 heteroatoms. The van der Waals surface area contributed by atoms with Crippen molar-refractivity contribution in [3.63, 3.8) is 0 Å². The van der Waals surface area contributed by atoms with E-state index in [9.17, 15) is 14.7 Å². The number of hydrogen-bond acceptors (Lipinski definition) is 3. The third-order valence-corrected chi connectivity index (χ3v) is 7.36. The zero-order valence-corrected chi connectivity index (χ0v) is 22.1. The van der Waals surface area contributed by atoms with Gasteiger partial charge in [-0.15, -0.1) is 0 Å². The molecule has 0 saturated heterocycles. The van der Waals surface area contributed by atoms with E-state index in [1.54, 1.807) is 0 Å². The fourth-order valence-electron chi connectivity index (χ4n) is 5.18. The van der Waals surface area contributed by atoms with Gasteiger partial charge >= 0.3 is 11.9 Å². The van der Waals surface area contributed by atoms with Crippen LogP contribution >= 0.6 is 0 Å². The molecule has 0 heterocycles. The zero-order valence-electron chi connectivity index (χ0n) is 22.1. The zero-order chi connectivity index (χ0) is 24.3. The minimum atomic E-state index is -0.838. The second kappa shape index (κ2) is 19.3. The Bertz CT molecular complexity index is 502. The van der Waals surface area contributed by atoms with E-state index in [1.165, 1.54) is 77.0 Å². The number of rotatable bonds is 20. The maximum absolute atomic E-state index is 12.9. The van der Waals surface area contributed by atoms with Gasteiger partial charge in [-0.05, 0) is 44.4 Å². The molecule has 0 aliphatic heterocycles. The van der Waals surface area contributed by atoms with Crippen LogP contribution in [-0.2, 0) is 14.3 Å². The van der Waals surface area contributed by atoms with Crippen LogP contribution in [0.15, 0.2) is 0 Å². The Morgan fingerprint density at radius 2 is 1.18 bits per heavy atom. The molecule has 33 heavy (non-hydrogen) atoms. The van der Waals surface area contributed by atoms with Crippen LogP contribution in [0.5, 0.6) is 0 Å². The second-order valence-electron chi connectivity index (χ2n) is 10.9. The molecule has 0 amide bonds. The number of ether oxygens (including phenoxy) is 1. The Balaban J connectivity index is 2.34. The summed E-state index contributed by atoms with van der Waals surface area (Å²) in [6.45, 7) is 6.76. The molecule has 0 bridgehead atoms. The van der Waals surface area contributed by atoms with Gasteiger partial charge in [0.05, 0.1) is 11.8 Å². The van der Waals surface area contributed by atoms with E-state index in [4.69, 9.17) is 4.74 Å². The van der Waals surface area contributed by atoms with Gasteiger partial charge in [-0.2, -0.15) is 0 Å². The molecule has 1 saturated carbocycles. The van der Waals surface area contributed by atoms with Crippen LogP contribution in [0.1, 0.15) is 149 Å².